The number of nitrogens with zero attached hydrogens (tertiary/aromatic N) is 2. The van der Waals surface area contributed by atoms with Gasteiger partial charge in [0.05, 0.1) is 6.04 Å². The van der Waals surface area contributed by atoms with Crippen LogP contribution in [-0.2, 0) is 0 Å². The van der Waals surface area contributed by atoms with Crippen LogP contribution in [0.25, 0.3) is 0 Å². The lowest BCUT2D eigenvalue weighted by molar-refractivity contribution is 0.190. The Kier molecular flexibility index (Phi) is 5.08. The molecule has 0 aromatic heterocycles. The molecule has 1 unspecified atom stereocenters. The van der Waals surface area contributed by atoms with Crippen molar-refractivity contribution in [3.8, 4) is 0 Å². The van der Waals surface area contributed by atoms with Gasteiger partial charge in [-0.1, -0.05) is 13.8 Å². The molecule has 4 nitrogen and oxygen atoms in total. The molecule has 0 aromatic rings. The van der Waals surface area contributed by atoms with Gasteiger partial charge in [-0.3, -0.25) is 0 Å². The van der Waals surface area contributed by atoms with Gasteiger partial charge in [-0.05, 0) is 50.6 Å². The van der Waals surface area contributed by atoms with Crippen LogP contribution in [-0.4, -0.2) is 55.1 Å². The van der Waals surface area contributed by atoms with Crippen molar-refractivity contribution in [2.75, 3.05) is 33.2 Å². The first-order valence-electron chi connectivity index (χ1n) is 7.80. The van der Waals surface area contributed by atoms with Crippen molar-refractivity contribution in [2.24, 2.45) is 11.8 Å². The molecule has 110 valence electrons. The third-order valence-electron chi connectivity index (χ3n) is 4.56. The lowest BCUT2D eigenvalue weighted by Gasteiger charge is -2.24. The number of amides is 2. The quantitative estimate of drug-likeness (QED) is 0.828. The summed E-state index contributed by atoms with van der Waals surface area (Å²) in [6.45, 7) is 8.63. The number of likely N-dealkylation sites (N-methyl/N-ethyl adjacent to an activating group) is 1. The van der Waals surface area contributed by atoms with Gasteiger partial charge in [-0.15, -0.1) is 0 Å². The predicted molar refractivity (Wildman–Crippen MR) is 78.2 cm³/mol. The van der Waals surface area contributed by atoms with E-state index >= 15 is 0 Å². The fourth-order valence-corrected chi connectivity index (χ4v) is 3.31. The zero-order valence-corrected chi connectivity index (χ0v) is 12.7. The number of nitrogens with one attached hydrogen (secondary N) is 1. The van der Waals surface area contributed by atoms with E-state index in [1.165, 1.54) is 19.3 Å². The third-order valence-corrected chi connectivity index (χ3v) is 4.56. The summed E-state index contributed by atoms with van der Waals surface area (Å²) < 4.78 is 0. The highest BCUT2D eigenvalue weighted by Crippen LogP contribution is 2.22. The highest BCUT2D eigenvalue weighted by molar-refractivity contribution is 5.76. The number of piperidine rings is 1. The van der Waals surface area contributed by atoms with E-state index in [4.69, 9.17) is 0 Å². The Bertz CT molecular complexity index is 300. The summed E-state index contributed by atoms with van der Waals surface area (Å²) in [6, 6.07) is 0.653. The largest absolute Gasteiger partial charge is 0.323 e. The summed E-state index contributed by atoms with van der Waals surface area (Å²) in [5, 5.41) is 3.40. The van der Waals surface area contributed by atoms with Crippen LogP contribution in [0, 0.1) is 11.8 Å². The Balaban J connectivity index is 1.78. The molecule has 1 atom stereocenters. The van der Waals surface area contributed by atoms with Crippen molar-refractivity contribution in [1.29, 1.82) is 0 Å². The maximum Gasteiger partial charge on any atom is 0.320 e. The summed E-state index contributed by atoms with van der Waals surface area (Å²) >= 11 is 0. The highest BCUT2D eigenvalue weighted by Gasteiger charge is 2.34. The van der Waals surface area contributed by atoms with Crippen molar-refractivity contribution in [1.82, 2.24) is 15.1 Å². The monoisotopic (exact) mass is 267 g/mol. The Labute approximate surface area is 117 Å². The first-order chi connectivity index (χ1) is 9.08. The molecule has 0 spiro atoms. The fourth-order valence-electron chi connectivity index (χ4n) is 3.31. The van der Waals surface area contributed by atoms with E-state index in [-0.39, 0.29) is 6.03 Å². The molecule has 2 fully saturated rings. The van der Waals surface area contributed by atoms with Crippen molar-refractivity contribution in [3.63, 3.8) is 0 Å². The van der Waals surface area contributed by atoms with Gasteiger partial charge >= 0.3 is 6.03 Å². The molecular formula is C15H29N3O. The zero-order valence-electron chi connectivity index (χ0n) is 12.7. The first-order valence-corrected chi connectivity index (χ1v) is 7.80. The molecule has 2 saturated heterocycles. The molecule has 2 aliphatic rings. The average molecular weight is 267 g/mol. The minimum atomic E-state index is 0.236. The number of urea groups is 1. The molecule has 2 heterocycles. The maximum absolute atomic E-state index is 12.2. The van der Waals surface area contributed by atoms with E-state index in [9.17, 15) is 4.79 Å². The van der Waals surface area contributed by atoms with Gasteiger partial charge in [0.15, 0.2) is 0 Å². The number of carbonyl (C=O) groups is 1. The van der Waals surface area contributed by atoms with E-state index in [0.29, 0.717) is 12.0 Å². The molecule has 0 aromatic carbocycles. The number of carbonyl (C=O) groups excluding carboxylic acids is 1. The summed E-state index contributed by atoms with van der Waals surface area (Å²) in [6.07, 6.45) is 4.84. The molecule has 2 rings (SSSR count). The molecule has 0 bridgehead atoms. The van der Waals surface area contributed by atoms with Crippen LogP contribution in [0.1, 0.15) is 39.5 Å². The molecule has 0 aliphatic carbocycles. The molecule has 19 heavy (non-hydrogen) atoms. The SMILES string of the molecule is CC(C)CC1CN(CCC2CCNCC2)C(=O)N1C. The fraction of sp³-hybridized carbons (Fsp3) is 0.933. The zero-order chi connectivity index (χ0) is 13.8. The molecule has 2 aliphatic heterocycles. The van der Waals surface area contributed by atoms with Gasteiger partial charge in [-0.2, -0.15) is 0 Å². The second-order valence-corrected chi connectivity index (χ2v) is 6.60. The van der Waals surface area contributed by atoms with Crippen molar-refractivity contribution >= 4 is 6.03 Å². The molecule has 4 heteroatoms. The Morgan fingerprint density at radius 1 is 1.32 bits per heavy atom. The molecular weight excluding hydrogens is 238 g/mol. The Hall–Kier alpha value is -0.770. The van der Waals surface area contributed by atoms with Gasteiger partial charge in [0.25, 0.3) is 0 Å². The Morgan fingerprint density at radius 3 is 2.63 bits per heavy atom. The number of hydrogen-bond donors (Lipinski definition) is 1. The summed E-state index contributed by atoms with van der Waals surface area (Å²) in [4.78, 5) is 16.2. The van der Waals surface area contributed by atoms with Crippen molar-refractivity contribution < 1.29 is 4.79 Å². The van der Waals surface area contributed by atoms with Gasteiger partial charge in [0, 0.05) is 20.1 Å². The van der Waals surface area contributed by atoms with Gasteiger partial charge in [-0.25, -0.2) is 4.79 Å². The van der Waals surface area contributed by atoms with Gasteiger partial charge in [0.1, 0.15) is 0 Å². The topological polar surface area (TPSA) is 35.6 Å². The first kappa shape index (κ1) is 14.6. The predicted octanol–water partition coefficient (Wildman–Crippen LogP) is 2.16. The minimum absolute atomic E-state index is 0.236. The highest BCUT2D eigenvalue weighted by atomic mass is 16.2. The second kappa shape index (κ2) is 6.60. The molecule has 2 amide bonds. The standard InChI is InChI=1S/C15H29N3O/c1-12(2)10-14-11-18(15(19)17(14)3)9-6-13-4-7-16-8-5-13/h12-14,16H,4-11H2,1-3H3. The number of rotatable bonds is 5. The minimum Gasteiger partial charge on any atom is -0.323 e. The number of hydrogen-bond acceptors (Lipinski definition) is 2. The van der Waals surface area contributed by atoms with E-state index in [1.54, 1.807) is 0 Å². The van der Waals surface area contributed by atoms with Crippen LogP contribution in [0.2, 0.25) is 0 Å². The van der Waals surface area contributed by atoms with E-state index in [0.717, 1.165) is 38.5 Å². The van der Waals surface area contributed by atoms with E-state index in [2.05, 4.69) is 24.1 Å². The van der Waals surface area contributed by atoms with Crippen LogP contribution in [0.3, 0.4) is 0 Å². The lowest BCUT2D eigenvalue weighted by atomic mass is 9.94. The van der Waals surface area contributed by atoms with E-state index < -0.39 is 0 Å². The van der Waals surface area contributed by atoms with Crippen LogP contribution in [0.15, 0.2) is 0 Å². The van der Waals surface area contributed by atoms with Crippen LogP contribution in [0.4, 0.5) is 4.79 Å². The molecule has 1 N–H and O–H groups in total. The van der Waals surface area contributed by atoms with E-state index in [1.807, 2.05) is 11.9 Å². The van der Waals surface area contributed by atoms with Crippen LogP contribution >= 0.6 is 0 Å². The van der Waals surface area contributed by atoms with Gasteiger partial charge < -0.3 is 15.1 Å². The van der Waals surface area contributed by atoms with Crippen molar-refractivity contribution in [3.05, 3.63) is 0 Å². The second-order valence-electron chi connectivity index (χ2n) is 6.60. The van der Waals surface area contributed by atoms with Crippen LogP contribution < -0.4 is 5.32 Å². The van der Waals surface area contributed by atoms with Crippen LogP contribution in [0.5, 0.6) is 0 Å². The molecule has 0 radical (unpaired) electrons. The van der Waals surface area contributed by atoms with Gasteiger partial charge in [0.2, 0.25) is 0 Å². The third kappa shape index (κ3) is 3.85. The summed E-state index contributed by atoms with van der Waals surface area (Å²) in [7, 11) is 1.96. The average Bonchev–Trinajstić information content (AvgIpc) is 2.65. The normalized spacial score (nSPS) is 25.7. The maximum atomic E-state index is 12.2. The molecule has 0 saturated carbocycles. The summed E-state index contributed by atoms with van der Waals surface area (Å²) in [5.41, 5.74) is 0. The Morgan fingerprint density at radius 2 is 2.00 bits per heavy atom. The summed E-state index contributed by atoms with van der Waals surface area (Å²) in [5.74, 6) is 1.47. The lowest BCUT2D eigenvalue weighted by Crippen LogP contribution is -2.34. The van der Waals surface area contributed by atoms with Crippen molar-refractivity contribution in [2.45, 2.75) is 45.6 Å². The smallest absolute Gasteiger partial charge is 0.320 e.